The van der Waals surface area contributed by atoms with Crippen LogP contribution in [0, 0.1) is 11.8 Å². The van der Waals surface area contributed by atoms with Gasteiger partial charge in [0, 0.05) is 12.8 Å². The first kappa shape index (κ1) is 24.1. The minimum Gasteiger partial charge on any atom is -0.325 e. The fraction of sp³-hybridized carbons (Fsp3) is 0.300. The monoisotopic (exact) mass is 522 g/mol. The third-order valence-corrected chi connectivity index (χ3v) is 8.46. The van der Waals surface area contributed by atoms with Gasteiger partial charge in [0.1, 0.15) is 0 Å². The van der Waals surface area contributed by atoms with Crippen molar-refractivity contribution in [3.05, 3.63) is 56.5 Å². The highest BCUT2D eigenvalue weighted by atomic mass is 35.5. The van der Waals surface area contributed by atoms with Crippen LogP contribution in [0.5, 0.6) is 0 Å². The van der Waals surface area contributed by atoms with Crippen molar-refractivity contribution in [2.24, 2.45) is 11.8 Å². The minimum atomic E-state index is -3.37. The Morgan fingerprint density at radius 3 is 1.55 bits per heavy atom. The molecular weight excluding hydrogens is 506 g/mol. The molecular formula is C20H18Cl4N2O4S. The van der Waals surface area contributed by atoms with Gasteiger partial charge in [-0.3, -0.25) is 9.59 Å². The van der Waals surface area contributed by atoms with Crippen LogP contribution < -0.4 is 10.6 Å². The van der Waals surface area contributed by atoms with Crippen LogP contribution in [0.2, 0.25) is 20.1 Å². The van der Waals surface area contributed by atoms with Crippen molar-refractivity contribution in [3.8, 4) is 0 Å². The number of sulfone groups is 1. The summed E-state index contributed by atoms with van der Waals surface area (Å²) in [6.45, 7) is 0. The molecule has 0 radical (unpaired) electrons. The average molecular weight is 524 g/mol. The normalized spacial score (nSPS) is 19.7. The number of carbonyl (C=O) groups is 2. The molecule has 2 N–H and O–H groups in total. The van der Waals surface area contributed by atoms with Crippen molar-refractivity contribution in [1.82, 2.24) is 0 Å². The van der Waals surface area contributed by atoms with Gasteiger partial charge in [-0.25, -0.2) is 8.42 Å². The van der Waals surface area contributed by atoms with Gasteiger partial charge in [0.2, 0.25) is 11.8 Å². The number of anilines is 2. The van der Waals surface area contributed by atoms with Crippen LogP contribution in [0.15, 0.2) is 36.4 Å². The molecule has 11 heteroatoms. The molecule has 0 saturated carbocycles. The van der Waals surface area contributed by atoms with Gasteiger partial charge in [0.15, 0.2) is 9.84 Å². The van der Waals surface area contributed by atoms with Gasteiger partial charge in [0.05, 0.1) is 43.0 Å². The molecule has 2 amide bonds. The van der Waals surface area contributed by atoms with Crippen molar-refractivity contribution in [2.75, 3.05) is 22.1 Å². The molecule has 2 aromatic rings. The second-order valence-corrected chi connectivity index (χ2v) is 11.0. The fourth-order valence-electron chi connectivity index (χ4n) is 3.52. The second-order valence-electron chi connectivity index (χ2n) is 7.30. The molecule has 0 aromatic heterocycles. The number of hydrogen-bond acceptors (Lipinski definition) is 4. The molecule has 0 spiro atoms. The van der Waals surface area contributed by atoms with Crippen molar-refractivity contribution in [2.45, 2.75) is 12.8 Å². The Morgan fingerprint density at radius 1 is 0.774 bits per heavy atom. The van der Waals surface area contributed by atoms with Gasteiger partial charge in [-0.2, -0.15) is 0 Å². The van der Waals surface area contributed by atoms with Crippen LogP contribution in [-0.2, 0) is 19.4 Å². The summed E-state index contributed by atoms with van der Waals surface area (Å²) in [7, 11) is -3.37. The summed E-state index contributed by atoms with van der Waals surface area (Å²) in [4.78, 5) is 25.0. The Kier molecular flexibility index (Phi) is 7.76. The number of benzene rings is 2. The van der Waals surface area contributed by atoms with Crippen molar-refractivity contribution < 1.29 is 18.0 Å². The number of carbonyl (C=O) groups excluding carboxylic acids is 2. The summed E-state index contributed by atoms with van der Waals surface area (Å²) < 4.78 is 24.4. The predicted octanol–water partition coefficient (Wildman–Crippen LogP) is 5.32. The molecule has 1 heterocycles. The zero-order chi connectivity index (χ0) is 22.8. The lowest BCUT2D eigenvalue weighted by atomic mass is 9.89. The first-order chi connectivity index (χ1) is 14.6. The van der Waals surface area contributed by atoms with E-state index in [-0.39, 0.29) is 44.4 Å². The quantitative estimate of drug-likeness (QED) is 0.536. The van der Waals surface area contributed by atoms with Crippen LogP contribution in [0.25, 0.3) is 0 Å². The first-order valence-electron chi connectivity index (χ1n) is 9.24. The van der Waals surface area contributed by atoms with Crippen LogP contribution in [0.1, 0.15) is 12.8 Å². The lowest BCUT2D eigenvalue weighted by Crippen LogP contribution is -2.25. The Labute approximate surface area is 200 Å². The number of nitrogens with one attached hydrogen (secondary N) is 2. The Hall–Kier alpha value is -1.51. The van der Waals surface area contributed by atoms with E-state index >= 15 is 0 Å². The lowest BCUT2D eigenvalue weighted by molar-refractivity contribution is -0.119. The van der Waals surface area contributed by atoms with Gasteiger partial charge in [-0.15, -0.1) is 0 Å². The summed E-state index contributed by atoms with van der Waals surface area (Å²) in [5, 5.41) is 6.28. The van der Waals surface area contributed by atoms with E-state index in [1.54, 1.807) is 36.4 Å². The largest absolute Gasteiger partial charge is 0.325 e. The van der Waals surface area contributed by atoms with E-state index < -0.39 is 33.5 Å². The molecule has 2 atom stereocenters. The molecule has 166 valence electrons. The topological polar surface area (TPSA) is 92.3 Å². The Morgan fingerprint density at radius 2 is 1.16 bits per heavy atom. The highest BCUT2D eigenvalue weighted by molar-refractivity contribution is 7.91. The predicted molar refractivity (Wildman–Crippen MR) is 125 cm³/mol. The summed E-state index contributed by atoms with van der Waals surface area (Å²) in [5.41, 5.74) is 0.676. The summed E-state index contributed by atoms with van der Waals surface area (Å²) in [6.07, 6.45) is -0.143. The van der Waals surface area contributed by atoms with E-state index in [9.17, 15) is 18.0 Å². The maximum absolute atomic E-state index is 12.5. The second kappa shape index (κ2) is 9.96. The summed E-state index contributed by atoms with van der Waals surface area (Å²) in [6, 6.07) is 9.64. The van der Waals surface area contributed by atoms with E-state index in [2.05, 4.69) is 10.6 Å². The maximum Gasteiger partial charge on any atom is 0.224 e. The van der Waals surface area contributed by atoms with Gasteiger partial charge in [0.25, 0.3) is 0 Å². The molecule has 0 aliphatic carbocycles. The van der Waals surface area contributed by atoms with Crippen LogP contribution in [-0.4, -0.2) is 31.7 Å². The zero-order valence-corrected chi connectivity index (χ0v) is 19.8. The summed E-state index contributed by atoms with van der Waals surface area (Å²) >= 11 is 24.1. The molecule has 1 fully saturated rings. The smallest absolute Gasteiger partial charge is 0.224 e. The Bertz CT molecular complexity index is 1040. The Balaban J connectivity index is 1.66. The van der Waals surface area contributed by atoms with E-state index in [0.717, 1.165) is 0 Å². The molecule has 3 rings (SSSR count). The van der Waals surface area contributed by atoms with E-state index in [1.807, 2.05) is 0 Å². The van der Waals surface area contributed by atoms with E-state index in [4.69, 9.17) is 46.4 Å². The number of rotatable bonds is 6. The van der Waals surface area contributed by atoms with Crippen LogP contribution >= 0.6 is 46.4 Å². The first-order valence-corrected chi connectivity index (χ1v) is 12.6. The van der Waals surface area contributed by atoms with Crippen molar-refractivity contribution in [1.29, 1.82) is 0 Å². The highest BCUT2D eigenvalue weighted by Gasteiger charge is 2.39. The molecule has 6 nitrogen and oxygen atoms in total. The van der Waals surface area contributed by atoms with Crippen LogP contribution in [0.3, 0.4) is 0 Å². The fourth-order valence-corrected chi connectivity index (χ4v) is 6.44. The number of amides is 2. The summed E-state index contributed by atoms with van der Waals surface area (Å²) in [5.74, 6) is -2.17. The molecule has 2 aromatic carbocycles. The zero-order valence-electron chi connectivity index (χ0n) is 16.0. The van der Waals surface area contributed by atoms with Gasteiger partial charge >= 0.3 is 0 Å². The molecule has 1 aliphatic heterocycles. The lowest BCUT2D eigenvalue weighted by Gasteiger charge is -2.18. The third-order valence-electron chi connectivity index (χ3n) is 4.95. The molecule has 0 bridgehead atoms. The molecule has 31 heavy (non-hydrogen) atoms. The average Bonchev–Trinajstić information content (AvgIpc) is 2.95. The van der Waals surface area contributed by atoms with E-state index in [0.29, 0.717) is 11.4 Å². The number of halogens is 4. The van der Waals surface area contributed by atoms with Gasteiger partial charge < -0.3 is 10.6 Å². The maximum atomic E-state index is 12.5. The number of hydrogen-bond donors (Lipinski definition) is 2. The molecule has 0 unspecified atom stereocenters. The standard InChI is InChI=1S/C20H18Cl4N2O4S/c21-13-3-1-5-15(19(13)23)25-17(27)7-11-9-31(29,30)10-12(11)8-18(28)26-16-6-2-4-14(22)20(16)24/h1-6,11-12H,7-10H2,(H,25,27)(H,26,28)/t11-,12-/m0/s1. The molecule has 1 saturated heterocycles. The van der Waals surface area contributed by atoms with Crippen molar-refractivity contribution >= 4 is 79.4 Å². The minimum absolute atomic E-state index is 0.0715. The van der Waals surface area contributed by atoms with Crippen LogP contribution in [0.4, 0.5) is 11.4 Å². The van der Waals surface area contributed by atoms with Crippen molar-refractivity contribution in [3.63, 3.8) is 0 Å². The van der Waals surface area contributed by atoms with Gasteiger partial charge in [-0.1, -0.05) is 58.5 Å². The SMILES string of the molecule is O=C(C[C@H]1CS(=O)(=O)C[C@@H]1CC(=O)Nc1cccc(Cl)c1Cl)Nc1cccc(Cl)c1Cl. The third kappa shape index (κ3) is 6.26. The molecule has 1 aliphatic rings. The van der Waals surface area contributed by atoms with Gasteiger partial charge in [-0.05, 0) is 36.1 Å². The highest BCUT2D eigenvalue weighted by Crippen LogP contribution is 2.34. The van der Waals surface area contributed by atoms with E-state index in [1.165, 1.54) is 0 Å².